The van der Waals surface area contributed by atoms with Gasteiger partial charge in [0.05, 0.1) is 0 Å². The monoisotopic (exact) mass is 171 g/mol. The number of halogens is 1. The van der Waals surface area contributed by atoms with Crippen LogP contribution in [0.15, 0.2) is 24.3 Å². The number of nitrogens with one attached hydrogen (secondary N) is 1. The zero-order valence-electron chi connectivity index (χ0n) is 6.92. The van der Waals surface area contributed by atoms with E-state index in [1.54, 1.807) is 0 Å². The molecule has 0 unspecified atom stereocenters. The lowest BCUT2D eigenvalue weighted by Crippen LogP contribution is -2.05. The highest BCUT2D eigenvalue weighted by Crippen LogP contribution is 2.05. The third-order valence-corrected chi connectivity index (χ3v) is 1.63. The molecule has 0 aliphatic rings. The third-order valence-electron chi connectivity index (χ3n) is 1.63. The first kappa shape index (κ1) is 10.5. The van der Waals surface area contributed by atoms with Gasteiger partial charge >= 0.3 is 0 Å². The summed E-state index contributed by atoms with van der Waals surface area (Å²) < 4.78 is 0. The van der Waals surface area contributed by atoms with Crippen LogP contribution in [-0.2, 0) is 6.54 Å². The highest BCUT2D eigenvalue weighted by atomic mass is 35.5. The van der Waals surface area contributed by atoms with E-state index in [1.165, 1.54) is 11.1 Å². The van der Waals surface area contributed by atoms with Crippen LogP contribution in [0.25, 0.3) is 0 Å². The molecule has 1 aromatic rings. The summed E-state index contributed by atoms with van der Waals surface area (Å²) in [5.41, 5.74) is 2.74. The normalized spacial score (nSPS) is 8.91. The molecule has 1 N–H and O–H groups in total. The molecule has 1 aromatic carbocycles. The number of benzene rings is 1. The summed E-state index contributed by atoms with van der Waals surface area (Å²) in [6.45, 7) is 3.10. The average Bonchev–Trinajstić information content (AvgIpc) is 1.94. The van der Waals surface area contributed by atoms with E-state index in [1.807, 2.05) is 7.05 Å². The van der Waals surface area contributed by atoms with Crippen molar-refractivity contribution in [2.75, 3.05) is 7.05 Å². The van der Waals surface area contributed by atoms with Gasteiger partial charge in [-0.05, 0) is 25.1 Å². The molecule has 0 saturated carbocycles. The topological polar surface area (TPSA) is 12.0 Å². The van der Waals surface area contributed by atoms with Gasteiger partial charge in [-0.25, -0.2) is 0 Å². The summed E-state index contributed by atoms with van der Waals surface area (Å²) in [5, 5.41) is 3.12. The second kappa shape index (κ2) is 5.16. The SMILES string of the molecule is CNCc1ccccc1C.Cl. The molecule has 62 valence electrons. The Morgan fingerprint density at radius 1 is 1.27 bits per heavy atom. The Morgan fingerprint density at radius 2 is 1.91 bits per heavy atom. The molecule has 0 atom stereocenters. The summed E-state index contributed by atoms with van der Waals surface area (Å²) in [6, 6.07) is 8.41. The molecule has 0 aliphatic carbocycles. The molecular formula is C9H14ClN. The second-order valence-electron chi connectivity index (χ2n) is 2.46. The fourth-order valence-corrected chi connectivity index (χ4v) is 0.999. The quantitative estimate of drug-likeness (QED) is 0.719. The van der Waals surface area contributed by atoms with E-state index in [0.29, 0.717) is 0 Å². The van der Waals surface area contributed by atoms with E-state index in [-0.39, 0.29) is 12.4 Å². The van der Waals surface area contributed by atoms with Gasteiger partial charge < -0.3 is 5.32 Å². The highest BCUT2D eigenvalue weighted by Gasteiger charge is 1.91. The first-order valence-corrected chi connectivity index (χ1v) is 3.53. The fourth-order valence-electron chi connectivity index (χ4n) is 0.999. The van der Waals surface area contributed by atoms with Crippen molar-refractivity contribution in [3.63, 3.8) is 0 Å². The molecule has 0 heterocycles. The molecular weight excluding hydrogens is 158 g/mol. The predicted octanol–water partition coefficient (Wildman–Crippen LogP) is 2.14. The van der Waals surface area contributed by atoms with Crippen LogP contribution in [0.3, 0.4) is 0 Å². The van der Waals surface area contributed by atoms with Crippen LogP contribution in [0.5, 0.6) is 0 Å². The van der Waals surface area contributed by atoms with E-state index in [4.69, 9.17) is 0 Å². The van der Waals surface area contributed by atoms with E-state index < -0.39 is 0 Å². The van der Waals surface area contributed by atoms with Gasteiger partial charge in [-0.1, -0.05) is 24.3 Å². The molecule has 0 aromatic heterocycles. The Balaban J connectivity index is 0.000001000. The van der Waals surface area contributed by atoms with Crippen LogP contribution in [0, 0.1) is 6.92 Å². The van der Waals surface area contributed by atoms with Crippen molar-refractivity contribution in [2.45, 2.75) is 13.5 Å². The molecule has 2 heteroatoms. The first-order chi connectivity index (χ1) is 4.84. The van der Waals surface area contributed by atoms with E-state index in [9.17, 15) is 0 Å². The maximum absolute atomic E-state index is 3.12. The molecule has 0 saturated heterocycles. The molecule has 1 rings (SSSR count). The van der Waals surface area contributed by atoms with Gasteiger partial charge in [-0.2, -0.15) is 0 Å². The Hall–Kier alpha value is -0.530. The second-order valence-corrected chi connectivity index (χ2v) is 2.46. The maximum atomic E-state index is 3.12. The zero-order valence-corrected chi connectivity index (χ0v) is 7.74. The van der Waals surface area contributed by atoms with E-state index >= 15 is 0 Å². The fraction of sp³-hybridized carbons (Fsp3) is 0.333. The first-order valence-electron chi connectivity index (χ1n) is 3.53. The van der Waals surface area contributed by atoms with Gasteiger partial charge in [0.15, 0.2) is 0 Å². The standard InChI is InChI=1S/C9H13N.ClH/c1-8-5-3-4-6-9(8)7-10-2;/h3-6,10H,7H2,1-2H3;1H. The minimum absolute atomic E-state index is 0. The van der Waals surface area contributed by atoms with Crippen molar-refractivity contribution in [3.8, 4) is 0 Å². The van der Waals surface area contributed by atoms with Crippen molar-refractivity contribution in [1.82, 2.24) is 5.32 Å². The summed E-state index contributed by atoms with van der Waals surface area (Å²) in [5.74, 6) is 0. The Kier molecular flexibility index (Phi) is 4.92. The lowest BCUT2D eigenvalue weighted by atomic mass is 10.1. The molecule has 0 radical (unpaired) electrons. The molecule has 0 fully saturated rings. The van der Waals surface area contributed by atoms with E-state index in [2.05, 4.69) is 36.5 Å². The lowest BCUT2D eigenvalue weighted by Gasteiger charge is -2.02. The van der Waals surface area contributed by atoms with Crippen LogP contribution < -0.4 is 5.32 Å². The van der Waals surface area contributed by atoms with Crippen molar-refractivity contribution in [3.05, 3.63) is 35.4 Å². The molecule has 0 bridgehead atoms. The van der Waals surface area contributed by atoms with Gasteiger partial charge in [0, 0.05) is 6.54 Å². The van der Waals surface area contributed by atoms with Crippen LogP contribution in [0.1, 0.15) is 11.1 Å². The van der Waals surface area contributed by atoms with Crippen LogP contribution in [-0.4, -0.2) is 7.05 Å². The summed E-state index contributed by atoms with van der Waals surface area (Å²) in [7, 11) is 1.96. The zero-order chi connectivity index (χ0) is 7.40. The van der Waals surface area contributed by atoms with Crippen molar-refractivity contribution in [2.24, 2.45) is 0 Å². The van der Waals surface area contributed by atoms with Crippen molar-refractivity contribution in [1.29, 1.82) is 0 Å². The number of hydrogen-bond donors (Lipinski definition) is 1. The van der Waals surface area contributed by atoms with E-state index in [0.717, 1.165) is 6.54 Å². The Bertz CT molecular complexity index is 210. The van der Waals surface area contributed by atoms with Gasteiger partial charge in [-0.3, -0.25) is 0 Å². The molecule has 1 nitrogen and oxygen atoms in total. The number of rotatable bonds is 2. The maximum Gasteiger partial charge on any atom is 0.0205 e. The van der Waals surface area contributed by atoms with Crippen molar-refractivity contribution >= 4 is 12.4 Å². The molecule has 0 spiro atoms. The average molecular weight is 172 g/mol. The van der Waals surface area contributed by atoms with Crippen LogP contribution >= 0.6 is 12.4 Å². The molecule has 11 heavy (non-hydrogen) atoms. The van der Waals surface area contributed by atoms with Gasteiger partial charge in [0.1, 0.15) is 0 Å². The molecule has 0 aliphatic heterocycles. The summed E-state index contributed by atoms with van der Waals surface area (Å²) >= 11 is 0. The largest absolute Gasteiger partial charge is 0.316 e. The lowest BCUT2D eigenvalue weighted by molar-refractivity contribution is 0.812. The van der Waals surface area contributed by atoms with Gasteiger partial charge in [-0.15, -0.1) is 12.4 Å². The van der Waals surface area contributed by atoms with Crippen LogP contribution in [0.4, 0.5) is 0 Å². The Labute approximate surface area is 74.2 Å². The molecule has 0 amide bonds. The highest BCUT2D eigenvalue weighted by molar-refractivity contribution is 5.85. The predicted molar refractivity (Wildman–Crippen MR) is 51.2 cm³/mol. The van der Waals surface area contributed by atoms with Crippen LogP contribution in [0.2, 0.25) is 0 Å². The minimum Gasteiger partial charge on any atom is -0.316 e. The third kappa shape index (κ3) is 2.91. The van der Waals surface area contributed by atoms with Gasteiger partial charge in [0.25, 0.3) is 0 Å². The smallest absolute Gasteiger partial charge is 0.0205 e. The summed E-state index contributed by atoms with van der Waals surface area (Å²) in [4.78, 5) is 0. The van der Waals surface area contributed by atoms with Crippen molar-refractivity contribution < 1.29 is 0 Å². The number of aryl methyl sites for hydroxylation is 1. The Morgan fingerprint density at radius 3 is 2.45 bits per heavy atom. The van der Waals surface area contributed by atoms with Gasteiger partial charge in [0.2, 0.25) is 0 Å². The minimum atomic E-state index is 0. The number of hydrogen-bond acceptors (Lipinski definition) is 1. The summed E-state index contributed by atoms with van der Waals surface area (Å²) in [6.07, 6.45) is 0.